The number of aromatic nitrogens is 4. The van der Waals surface area contributed by atoms with Crippen LogP contribution in [-0.4, -0.2) is 51.1 Å². The SMILES string of the molecule is CCN(Cc1nc2cc(OC)c(OC)cc2c(=O)[nH]1)C(=O)c1ccc2c(c1)ncn2C. The second-order valence-electron chi connectivity index (χ2n) is 7.12. The number of benzene rings is 2. The summed E-state index contributed by atoms with van der Waals surface area (Å²) in [6.45, 7) is 2.49. The van der Waals surface area contributed by atoms with Gasteiger partial charge in [-0.15, -0.1) is 0 Å². The molecule has 0 radical (unpaired) electrons. The van der Waals surface area contributed by atoms with Crippen LogP contribution in [0.3, 0.4) is 0 Å². The van der Waals surface area contributed by atoms with Crippen molar-refractivity contribution in [3.63, 3.8) is 0 Å². The van der Waals surface area contributed by atoms with E-state index in [0.29, 0.717) is 40.3 Å². The zero-order valence-electron chi connectivity index (χ0n) is 17.8. The highest BCUT2D eigenvalue weighted by Gasteiger charge is 2.18. The van der Waals surface area contributed by atoms with Gasteiger partial charge in [-0.3, -0.25) is 9.59 Å². The van der Waals surface area contributed by atoms with Gasteiger partial charge in [-0.2, -0.15) is 0 Å². The van der Waals surface area contributed by atoms with Gasteiger partial charge in [0, 0.05) is 25.2 Å². The molecule has 31 heavy (non-hydrogen) atoms. The van der Waals surface area contributed by atoms with E-state index in [1.54, 1.807) is 35.5 Å². The number of carbonyl (C=O) groups excluding carboxylic acids is 1. The number of H-pyrrole nitrogens is 1. The maximum absolute atomic E-state index is 13.1. The molecular weight excluding hydrogens is 398 g/mol. The molecule has 1 N–H and O–H groups in total. The highest BCUT2D eigenvalue weighted by molar-refractivity contribution is 5.97. The fourth-order valence-corrected chi connectivity index (χ4v) is 3.55. The van der Waals surface area contributed by atoms with Crippen LogP contribution in [0.5, 0.6) is 11.5 Å². The fourth-order valence-electron chi connectivity index (χ4n) is 3.55. The first-order valence-corrected chi connectivity index (χ1v) is 9.80. The largest absolute Gasteiger partial charge is 0.493 e. The Balaban J connectivity index is 1.66. The monoisotopic (exact) mass is 421 g/mol. The molecule has 0 atom stereocenters. The van der Waals surface area contributed by atoms with Gasteiger partial charge in [-0.1, -0.05) is 0 Å². The third-order valence-electron chi connectivity index (χ3n) is 5.24. The highest BCUT2D eigenvalue weighted by Crippen LogP contribution is 2.30. The van der Waals surface area contributed by atoms with Crippen LogP contribution in [0, 0.1) is 0 Å². The third kappa shape index (κ3) is 3.70. The molecule has 2 aromatic heterocycles. The molecule has 0 aliphatic carbocycles. The Bertz CT molecular complexity index is 1340. The molecule has 2 aromatic carbocycles. The van der Waals surface area contributed by atoms with Crippen molar-refractivity contribution in [2.45, 2.75) is 13.5 Å². The minimum atomic E-state index is -0.306. The number of aromatic amines is 1. The molecule has 0 bridgehead atoms. The molecule has 0 aliphatic rings. The van der Waals surface area contributed by atoms with Crippen LogP contribution in [0.2, 0.25) is 0 Å². The number of nitrogens with zero attached hydrogens (tertiary/aromatic N) is 4. The summed E-state index contributed by atoms with van der Waals surface area (Å²) in [5, 5.41) is 0.386. The van der Waals surface area contributed by atoms with E-state index in [0.717, 1.165) is 11.0 Å². The van der Waals surface area contributed by atoms with Crippen LogP contribution in [0.15, 0.2) is 41.5 Å². The molecule has 0 spiro atoms. The Morgan fingerprint density at radius 3 is 2.58 bits per heavy atom. The minimum Gasteiger partial charge on any atom is -0.493 e. The number of hydrogen-bond donors (Lipinski definition) is 1. The first-order chi connectivity index (χ1) is 14.9. The van der Waals surface area contributed by atoms with Crippen molar-refractivity contribution in [3.8, 4) is 11.5 Å². The third-order valence-corrected chi connectivity index (χ3v) is 5.24. The summed E-state index contributed by atoms with van der Waals surface area (Å²) in [7, 11) is 4.93. The van der Waals surface area contributed by atoms with Crippen LogP contribution in [-0.2, 0) is 13.6 Å². The predicted molar refractivity (Wildman–Crippen MR) is 117 cm³/mol. The Labute approximate surface area is 178 Å². The van der Waals surface area contributed by atoms with E-state index in [2.05, 4.69) is 15.0 Å². The molecule has 4 aromatic rings. The van der Waals surface area contributed by atoms with E-state index in [-0.39, 0.29) is 18.0 Å². The number of imidazole rings is 1. The average molecular weight is 421 g/mol. The molecule has 2 heterocycles. The minimum absolute atomic E-state index is 0.162. The second-order valence-corrected chi connectivity index (χ2v) is 7.12. The van der Waals surface area contributed by atoms with Crippen molar-refractivity contribution >= 4 is 27.8 Å². The number of hydrogen-bond acceptors (Lipinski definition) is 6. The van der Waals surface area contributed by atoms with E-state index >= 15 is 0 Å². The molecule has 0 saturated heterocycles. The fraction of sp³-hybridized carbons (Fsp3) is 0.273. The Morgan fingerprint density at radius 1 is 1.13 bits per heavy atom. The molecule has 9 heteroatoms. The van der Waals surface area contributed by atoms with Crippen LogP contribution >= 0.6 is 0 Å². The molecule has 0 aliphatic heterocycles. The van der Waals surface area contributed by atoms with E-state index in [9.17, 15) is 9.59 Å². The maximum atomic E-state index is 13.1. The van der Waals surface area contributed by atoms with Crippen molar-refractivity contribution in [1.82, 2.24) is 24.4 Å². The lowest BCUT2D eigenvalue weighted by Gasteiger charge is -2.20. The molecule has 160 valence electrons. The lowest BCUT2D eigenvalue weighted by molar-refractivity contribution is 0.0748. The van der Waals surface area contributed by atoms with Crippen LogP contribution < -0.4 is 15.0 Å². The number of nitrogens with one attached hydrogen (secondary N) is 1. The normalized spacial score (nSPS) is 11.1. The van der Waals surface area contributed by atoms with Crippen LogP contribution in [0.1, 0.15) is 23.1 Å². The number of methoxy groups -OCH3 is 2. The van der Waals surface area contributed by atoms with Crippen molar-refractivity contribution < 1.29 is 14.3 Å². The Kier molecular flexibility index (Phi) is 5.33. The molecule has 1 amide bonds. The molecular formula is C22H23N5O4. The highest BCUT2D eigenvalue weighted by atomic mass is 16.5. The van der Waals surface area contributed by atoms with Gasteiger partial charge in [0.1, 0.15) is 5.82 Å². The standard InChI is InChI=1S/C22H23N5O4/c1-5-27(22(29)13-6-7-17-16(8-13)23-12-26(17)2)11-20-24-15-10-19(31-4)18(30-3)9-14(15)21(28)25-20/h6-10,12H,5,11H2,1-4H3,(H,24,25,28). The van der Waals surface area contributed by atoms with Gasteiger partial charge in [-0.25, -0.2) is 9.97 Å². The smallest absolute Gasteiger partial charge is 0.258 e. The average Bonchev–Trinajstić information content (AvgIpc) is 3.16. The summed E-state index contributed by atoms with van der Waals surface area (Å²) in [5.74, 6) is 1.15. The van der Waals surface area contributed by atoms with Gasteiger partial charge in [-0.05, 0) is 31.2 Å². The van der Waals surface area contributed by atoms with Crippen molar-refractivity contribution in [2.75, 3.05) is 20.8 Å². The zero-order valence-corrected chi connectivity index (χ0v) is 17.8. The summed E-state index contributed by atoms with van der Waals surface area (Å²) in [6, 6.07) is 8.67. The number of amides is 1. The van der Waals surface area contributed by atoms with Gasteiger partial charge in [0.15, 0.2) is 11.5 Å². The van der Waals surface area contributed by atoms with Gasteiger partial charge in [0.25, 0.3) is 11.5 Å². The van der Waals surface area contributed by atoms with Gasteiger partial charge in [0.2, 0.25) is 0 Å². The summed E-state index contributed by atoms with van der Waals surface area (Å²) in [4.78, 5) is 39.0. The van der Waals surface area contributed by atoms with Gasteiger partial charge in [0.05, 0.1) is 49.0 Å². The summed E-state index contributed by atoms with van der Waals surface area (Å²) in [5.41, 5.74) is 2.39. The molecule has 0 fully saturated rings. The summed E-state index contributed by atoms with van der Waals surface area (Å²) >= 11 is 0. The molecule has 9 nitrogen and oxygen atoms in total. The van der Waals surface area contributed by atoms with Crippen molar-refractivity contribution in [3.05, 3.63) is 58.4 Å². The number of aryl methyl sites for hydroxylation is 1. The first kappa shape index (κ1) is 20.4. The second kappa shape index (κ2) is 8.10. The number of carbonyl (C=O) groups is 1. The molecule has 4 rings (SSSR count). The Morgan fingerprint density at radius 2 is 1.87 bits per heavy atom. The predicted octanol–water partition coefficient (Wildman–Crippen LogP) is 2.49. The van der Waals surface area contributed by atoms with E-state index in [1.807, 2.05) is 24.6 Å². The summed E-state index contributed by atoms with van der Waals surface area (Å²) < 4.78 is 12.5. The quantitative estimate of drug-likeness (QED) is 0.513. The lowest BCUT2D eigenvalue weighted by Crippen LogP contribution is -2.32. The maximum Gasteiger partial charge on any atom is 0.258 e. The van der Waals surface area contributed by atoms with E-state index < -0.39 is 0 Å². The summed E-state index contributed by atoms with van der Waals surface area (Å²) in [6.07, 6.45) is 1.71. The van der Waals surface area contributed by atoms with Crippen molar-refractivity contribution in [1.29, 1.82) is 0 Å². The lowest BCUT2D eigenvalue weighted by atomic mass is 10.1. The number of ether oxygens (including phenoxy) is 2. The topological polar surface area (TPSA) is 102 Å². The van der Waals surface area contributed by atoms with Gasteiger partial charge >= 0.3 is 0 Å². The number of fused-ring (bicyclic) bond motifs is 2. The molecule has 0 saturated carbocycles. The van der Waals surface area contributed by atoms with Gasteiger partial charge < -0.3 is 23.9 Å². The van der Waals surface area contributed by atoms with Crippen molar-refractivity contribution in [2.24, 2.45) is 7.05 Å². The Hall–Kier alpha value is -3.88. The van der Waals surface area contributed by atoms with E-state index in [4.69, 9.17) is 9.47 Å². The molecule has 0 unspecified atom stereocenters. The zero-order chi connectivity index (χ0) is 22.1. The van der Waals surface area contributed by atoms with Crippen LogP contribution in [0.4, 0.5) is 0 Å². The number of rotatable bonds is 6. The first-order valence-electron chi connectivity index (χ1n) is 9.80. The van der Waals surface area contributed by atoms with Crippen LogP contribution in [0.25, 0.3) is 21.9 Å². The van der Waals surface area contributed by atoms with E-state index in [1.165, 1.54) is 14.2 Å².